The summed E-state index contributed by atoms with van der Waals surface area (Å²) in [6, 6.07) is 0. The molecule has 9 heavy (non-hydrogen) atoms. The molecule has 0 unspecified atom stereocenters. The first-order chi connectivity index (χ1) is 4.41. The summed E-state index contributed by atoms with van der Waals surface area (Å²) >= 11 is 3.97. The molecule has 0 spiro atoms. The maximum atomic E-state index is 5.03. The van der Waals surface area contributed by atoms with E-state index in [1.54, 1.807) is 0 Å². The van der Waals surface area contributed by atoms with Crippen molar-refractivity contribution in [1.29, 1.82) is 0 Å². The lowest BCUT2D eigenvalue weighted by atomic mass is 10.5. The van der Waals surface area contributed by atoms with Crippen LogP contribution in [0.2, 0.25) is 0 Å². The molecule has 0 fully saturated rings. The lowest BCUT2D eigenvalue weighted by Crippen LogP contribution is -2.02. The molecule has 0 aromatic heterocycles. The van der Waals surface area contributed by atoms with E-state index in [1.165, 1.54) is 0 Å². The van der Waals surface area contributed by atoms with Gasteiger partial charge in [-0.25, -0.2) is 0 Å². The average Bonchev–Trinajstić information content (AvgIpc) is 1.89. The molecule has 0 bridgehead atoms. The van der Waals surface area contributed by atoms with E-state index < -0.39 is 0 Å². The van der Waals surface area contributed by atoms with Crippen molar-refractivity contribution in [1.82, 2.24) is 0 Å². The zero-order valence-electron chi connectivity index (χ0n) is 5.80. The Kier molecular flexibility index (Phi) is 8.52. The van der Waals surface area contributed by atoms with Gasteiger partial charge < -0.3 is 9.47 Å². The van der Waals surface area contributed by atoms with Gasteiger partial charge in [-0.15, -0.1) is 0 Å². The molecule has 0 aromatic rings. The largest absolute Gasteiger partial charge is 0.355 e. The van der Waals surface area contributed by atoms with Gasteiger partial charge in [-0.3, -0.25) is 0 Å². The van der Waals surface area contributed by atoms with Crippen LogP contribution in [0.25, 0.3) is 0 Å². The molecule has 0 amide bonds. The van der Waals surface area contributed by atoms with Crippen molar-refractivity contribution in [3.63, 3.8) is 0 Å². The summed E-state index contributed by atoms with van der Waals surface area (Å²) in [5, 5.41) is 0. The molecule has 0 aliphatic rings. The molecule has 3 heteroatoms. The van der Waals surface area contributed by atoms with Gasteiger partial charge in [0.05, 0.1) is 6.61 Å². The topological polar surface area (TPSA) is 18.5 Å². The molecule has 2 nitrogen and oxygen atoms in total. The fourth-order valence-corrected chi connectivity index (χ4v) is 0.515. The van der Waals surface area contributed by atoms with Crippen molar-refractivity contribution in [2.45, 2.75) is 13.3 Å². The SMILES string of the molecule is CCCOCOCCS. The molecule has 0 aromatic carbocycles. The third-order valence-electron chi connectivity index (χ3n) is 0.751. The van der Waals surface area contributed by atoms with Crippen LogP contribution in [-0.2, 0) is 9.47 Å². The fraction of sp³-hybridized carbons (Fsp3) is 1.00. The Morgan fingerprint density at radius 1 is 1.22 bits per heavy atom. The van der Waals surface area contributed by atoms with E-state index in [4.69, 9.17) is 9.47 Å². The Hall–Kier alpha value is 0.270. The second-order valence-corrected chi connectivity index (χ2v) is 2.11. The van der Waals surface area contributed by atoms with Crippen LogP contribution in [0, 0.1) is 0 Å². The Labute approximate surface area is 61.9 Å². The van der Waals surface area contributed by atoms with Gasteiger partial charge in [0, 0.05) is 12.4 Å². The highest BCUT2D eigenvalue weighted by Crippen LogP contribution is 1.82. The van der Waals surface area contributed by atoms with Gasteiger partial charge in [0.2, 0.25) is 0 Å². The monoisotopic (exact) mass is 150 g/mol. The summed E-state index contributed by atoms with van der Waals surface area (Å²) in [6.45, 7) is 3.94. The van der Waals surface area contributed by atoms with Crippen LogP contribution in [0.5, 0.6) is 0 Å². The van der Waals surface area contributed by atoms with E-state index in [2.05, 4.69) is 19.6 Å². The highest BCUT2D eigenvalue weighted by molar-refractivity contribution is 7.80. The first-order valence-corrected chi connectivity index (χ1v) is 3.81. The minimum absolute atomic E-state index is 0.411. The van der Waals surface area contributed by atoms with E-state index in [-0.39, 0.29) is 0 Å². The van der Waals surface area contributed by atoms with Gasteiger partial charge in [0.1, 0.15) is 6.79 Å². The quantitative estimate of drug-likeness (QED) is 0.350. The minimum Gasteiger partial charge on any atom is -0.355 e. The minimum atomic E-state index is 0.411. The summed E-state index contributed by atoms with van der Waals surface area (Å²) in [4.78, 5) is 0. The smallest absolute Gasteiger partial charge is 0.146 e. The molecular formula is C6H14O2S. The van der Waals surface area contributed by atoms with E-state index >= 15 is 0 Å². The second kappa shape index (κ2) is 8.27. The third kappa shape index (κ3) is 8.27. The molecule has 0 aliphatic carbocycles. The van der Waals surface area contributed by atoms with Gasteiger partial charge in [-0.1, -0.05) is 6.92 Å². The van der Waals surface area contributed by atoms with Crippen LogP contribution in [-0.4, -0.2) is 25.8 Å². The van der Waals surface area contributed by atoms with Crippen LogP contribution in [0.1, 0.15) is 13.3 Å². The lowest BCUT2D eigenvalue weighted by molar-refractivity contribution is -0.0479. The maximum Gasteiger partial charge on any atom is 0.146 e. The molecule has 0 saturated heterocycles. The first-order valence-electron chi connectivity index (χ1n) is 3.18. The summed E-state index contributed by atoms with van der Waals surface area (Å²) in [7, 11) is 0. The van der Waals surface area contributed by atoms with Crippen molar-refractivity contribution in [3.05, 3.63) is 0 Å². The van der Waals surface area contributed by atoms with E-state index in [0.29, 0.717) is 13.4 Å². The molecule has 0 saturated carbocycles. The predicted octanol–water partition coefficient (Wildman–Crippen LogP) is 1.32. The summed E-state index contributed by atoms with van der Waals surface area (Å²) < 4.78 is 10.0. The average molecular weight is 150 g/mol. The summed E-state index contributed by atoms with van der Waals surface area (Å²) in [5.41, 5.74) is 0. The Balaban J connectivity index is 2.60. The highest BCUT2D eigenvalue weighted by atomic mass is 32.1. The third-order valence-corrected chi connectivity index (χ3v) is 0.933. The van der Waals surface area contributed by atoms with E-state index in [1.807, 2.05) is 0 Å². The summed E-state index contributed by atoms with van der Waals surface area (Å²) in [5.74, 6) is 0.759. The molecule has 56 valence electrons. The maximum absolute atomic E-state index is 5.03. The van der Waals surface area contributed by atoms with Crippen molar-refractivity contribution < 1.29 is 9.47 Å². The molecule has 0 radical (unpaired) electrons. The number of hydrogen-bond acceptors (Lipinski definition) is 3. The van der Waals surface area contributed by atoms with Crippen molar-refractivity contribution in [2.75, 3.05) is 25.8 Å². The van der Waals surface area contributed by atoms with Gasteiger partial charge in [0.25, 0.3) is 0 Å². The van der Waals surface area contributed by atoms with Crippen LogP contribution < -0.4 is 0 Å². The normalized spacial score (nSPS) is 10.0. The van der Waals surface area contributed by atoms with Crippen LogP contribution in [0.4, 0.5) is 0 Å². The molecule has 0 N–H and O–H groups in total. The van der Waals surface area contributed by atoms with Crippen LogP contribution >= 0.6 is 12.6 Å². The zero-order chi connectivity index (χ0) is 6.95. The van der Waals surface area contributed by atoms with Gasteiger partial charge in [-0.2, -0.15) is 12.6 Å². The van der Waals surface area contributed by atoms with Gasteiger partial charge in [0.15, 0.2) is 0 Å². The van der Waals surface area contributed by atoms with E-state index in [0.717, 1.165) is 18.8 Å². The van der Waals surface area contributed by atoms with Crippen molar-refractivity contribution in [2.24, 2.45) is 0 Å². The Morgan fingerprint density at radius 2 is 1.89 bits per heavy atom. The first kappa shape index (κ1) is 9.27. The standard InChI is InChI=1S/C6H14O2S/c1-2-3-7-6-8-4-5-9/h9H,2-6H2,1H3. The predicted molar refractivity (Wildman–Crippen MR) is 40.9 cm³/mol. The van der Waals surface area contributed by atoms with Gasteiger partial charge >= 0.3 is 0 Å². The molecule has 0 atom stereocenters. The molecular weight excluding hydrogens is 136 g/mol. The van der Waals surface area contributed by atoms with Crippen molar-refractivity contribution >= 4 is 12.6 Å². The molecule has 0 heterocycles. The zero-order valence-corrected chi connectivity index (χ0v) is 6.69. The fourth-order valence-electron chi connectivity index (χ4n) is 0.386. The highest BCUT2D eigenvalue weighted by Gasteiger charge is 1.83. The number of ether oxygens (including phenoxy) is 2. The van der Waals surface area contributed by atoms with Crippen molar-refractivity contribution in [3.8, 4) is 0 Å². The second-order valence-electron chi connectivity index (χ2n) is 1.66. The lowest BCUT2D eigenvalue weighted by Gasteiger charge is -2.01. The summed E-state index contributed by atoms with van der Waals surface area (Å²) in [6.07, 6.45) is 1.05. The number of hydrogen-bond donors (Lipinski definition) is 1. The Bertz CT molecular complexity index is 44.3. The Morgan fingerprint density at radius 3 is 2.44 bits per heavy atom. The van der Waals surface area contributed by atoms with E-state index in [9.17, 15) is 0 Å². The van der Waals surface area contributed by atoms with Crippen LogP contribution in [0.3, 0.4) is 0 Å². The number of thiol groups is 1. The van der Waals surface area contributed by atoms with Gasteiger partial charge in [-0.05, 0) is 6.42 Å². The van der Waals surface area contributed by atoms with Crippen LogP contribution in [0.15, 0.2) is 0 Å². The molecule has 0 aliphatic heterocycles. The molecule has 0 rings (SSSR count). The number of rotatable bonds is 6.